The predicted molar refractivity (Wildman–Crippen MR) is 74.1 cm³/mol. The number of carbonyl (C=O) groups is 1. The van der Waals surface area contributed by atoms with Gasteiger partial charge < -0.3 is 5.11 Å². The van der Waals surface area contributed by atoms with Crippen molar-refractivity contribution < 1.29 is 9.90 Å². The Morgan fingerprint density at radius 3 is 2.83 bits per heavy atom. The monoisotopic (exact) mass is 256 g/mol. The Morgan fingerprint density at radius 2 is 2.06 bits per heavy atom. The molecule has 2 aliphatic rings. The highest BCUT2D eigenvalue weighted by Crippen LogP contribution is 2.33. The fraction of sp³-hybridized carbons (Fsp3) is 0.133. The highest BCUT2D eigenvalue weighted by Gasteiger charge is 2.21. The molecule has 0 saturated heterocycles. The Morgan fingerprint density at radius 1 is 1.28 bits per heavy atom. The molecule has 1 N–H and O–H groups in total. The van der Waals surface area contributed by atoms with Crippen molar-refractivity contribution in [2.45, 2.75) is 6.42 Å². The van der Waals surface area contributed by atoms with Gasteiger partial charge in [-0.15, -0.1) is 0 Å². The smallest absolute Gasteiger partial charge is 0.310 e. The molecule has 0 bridgehead atoms. The molecule has 2 nitrogen and oxygen atoms in total. The van der Waals surface area contributed by atoms with Gasteiger partial charge in [-0.05, 0) is 33.9 Å². The van der Waals surface area contributed by atoms with Gasteiger partial charge in [0.05, 0.1) is 5.92 Å². The Kier molecular flexibility index (Phi) is 2.84. The van der Waals surface area contributed by atoms with E-state index in [1.54, 1.807) is 17.8 Å². The van der Waals surface area contributed by atoms with E-state index in [1.807, 2.05) is 18.2 Å². The SMILES string of the molecule is O=C(O)C1C=CC2=C(C=c3ccccc3=CS2)C1. The van der Waals surface area contributed by atoms with Gasteiger partial charge >= 0.3 is 5.97 Å². The number of aliphatic carboxylic acids is 1. The molecule has 0 amide bonds. The van der Waals surface area contributed by atoms with Crippen molar-refractivity contribution in [3.8, 4) is 0 Å². The highest BCUT2D eigenvalue weighted by molar-refractivity contribution is 8.10. The summed E-state index contributed by atoms with van der Waals surface area (Å²) in [7, 11) is 0. The van der Waals surface area contributed by atoms with Gasteiger partial charge in [-0.2, -0.15) is 0 Å². The third kappa shape index (κ3) is 2.02. The highest BCUT2D eigenvalue weighted by atomic mass is 32.2. The summed E-state index contributed by atoms with van der Waals surface area (Å²) in [5.41, 5.74) is 1.12. The zero-order valence-electron chi connectivity index (χ0n) is 9.67. The second kappa shape index (κ2) is 4.50. The summed E-state index contributed by atoms with van der Waals surface area (Å²) in [5.74, 6) is -1.15. The lowest BCUT2D eigenvalue weighted by molar-refractivity contribution is -0.140. The summed E-state index contributed by atoms with van der Waals surface area (Å²) >= 11 is 1.67. The van der Waals surface area contributed by atoms with E-state index < -0.39 is 11.9 Å². The minimum atomic E-state index is -0.752. The summed E-state index contributed by atoms with van der Waals surface area (Å²) in [6.45, 7) is 0. The Labute approximate surface area is 109 Å². The number of hydrogen-bond donors (Lipinski definition) is 1. The normalized spacial score (nSPS) is 21.2. The molecule has 1 aliphatic carbocycles. The van der Waals surface area contributed by atoms with Gasteiger partial charge in [0.15, 0.2) is 0 Å². The number of rotatable bonds is 1. The van der Waals surface area contributed by atoms with Gasteiger partial charge in [0.25, 0.3) is 0 Å². The molecule has 18 heavy (non-hydrogen) atoms. The maximum atomic E-state index is 11.1. The molecule has 0 fully saturated rings. The van der Waals surface area contributed by atoms with Gasteiger partial charge in [-0.3, -0.25) is 4.79 Å². The lowest BCUT2D eigenvalue weighted by atomic mass is 9.93. The number of thioether (sulfide) groups is 1. The summed E-state index contributed by atoms with van der Waals surface area (Å²) in [4.78, 5) is 12.2. The third-order valence-electron chi connectivity index (χ3n) is 3.19. The van der Waals surface area contributed by atoms with Crippen LogP contribution in [0.25, 0.3) is 11.5 Å². The first-order chi connectivity index (χ1) is 8.74. The topological polar surface area (TPSA) is 37.3 Å². The summed E-state index contributed by atoms with van der Waals surface area (Å²) in [6.07, 6.45) is 6.41. The largest absolute Gasteiger partial charge is 0.481 e. The number of fused-ring (bicyclic) bond motifs is 1. The molecule has 1 atom stereocenters. The molecule has 0 aromatic heterocycles. The van der Waals surface area contributed by atoms with Gasteiger partial charge in [0.2, 0.25) is 0 Å². The zero-order valence-corrected chi connectivity index (χ0v) is 10.5. The maximum Gasteiger partial charge on any atom is 0.310 e. The number of carboxylic acid groups (broad SMARTS) is 1. The fourth-order valence-corrected chi connectivity index (χ4v) is 3.11. The van der Waals surface area contributed by atoms with Gasteiger partial charge in [-0.25, -0.2) is 0 Å². The van der Waals surface area contributed by atoms with Crippen LogP contribution in [-0.2, 0) is 4.79 Å². The summed E-state index contributed by atoms with van der Waals surface area (Å²) < 4.78 is 0. The van der Waals surface area contributed by atoms with Crippen LogP contribution in [0.1, 0.15) is 6.42 Å². The predicted octanol–water partition coefficient (Wildman–Crippen LogP) is 1.87. The molecule has 1 unspecified atom stereocenters. The Bertz CT molecular complexity index is 683. The minimum Gasteiger partial charge on any atom is -0.481 e. The molecule has 0 radical (unpaired) electrons. The molecule has 1 aromatic rings. The van der Waals surface area contributed by atoms with Crippen molar-refractivity contribution >= 4 is 29.2 Å². The average molecular weight is 256 g/mol. The lowest BCUT2D eigenvalue weighted by Crippen LogP contribution is -2.23. The first-order valence-corrected chi connectivity index (χ1v) is 6.70. The molecule has 0 spiro atoms. The van der Waals surface area contributed by atoms with E-state index in [9.17, 15) is 4.79 Å². The molecule has 90 valence electrons. The molecule has 3 rings (SSSR count). The van der Waals surface area contributed by atoms with Crippen LogP contribution in [0.5, 0.6) is 0 Å². The lowest BCUT2D eigenvalue weighted by Gasteiger charge is -2.16. The summed E-state index contributed by atoms with van der Waals surface area (Å²) in [6, 6.07) is 8.17. The van der Waals surface area contributed by atoms with Crippen LogP contribution in [0.15, 0.2) is 46.9 Å². The zero-order chi connectivity index (χ0) is 12.5. The van der Waals surface area contributed by atoms with Gasteiger partial charge in [-0.1, -0.05) is 48.2 Å². The number of carboxylic acids is 1. The second-order valence-electron chi connectivity index (χ2n) is 4.41. The fourth-order valence-electron chi connectivity index (χ4n) is 2.20. The van der Waals surface area contributed by atoms with Crippen molar-refractivity contribution in [1.82, 2.24) is 0 Å². The first kappa shape index (κ1) is 11.4. The van der Waals surface area contributed by atoms with Crippen LogP contribution in [0.3, 0.4) is 0 Å². The maximum absolute atomic E-state index is 11.1. The van der Waals surface area contributed by atoms with Crippen LogP contribution in [-0.4, -0.2) is 11.1 Å². The number of benzene rings is 1. The molecule has 1 aromatic carbocycles. The summed E-state index contributed by atoms with van der Waals surface area (Å²) in [5, 5.41) is 13.6. The van der Waals surface area contributed by atoms with Crippen molar-refractivity contribution in [3.63, 3.8) is 0 Å². The van der Waals surface area contributed by atoms with E-state index in [2.05, 4.69) is 23.6 Å². The van der Waals surface area contributed by atoms with E-state index in [-0.39, 0.29) is 0 Å². The number of allylic oxidation sites excluding steroid dienone is 2. The molecule has 0 saturated carbocycles. The van der Waals surface area contributed by atoms with Crippen molar-refractivity contribution in [3.05, 3.63) is 57.3 Å². The van der Waals surface area contributed by atoms with Gasteiger partial charge in [0.1, 0.15) is 0 Å². The second-order valence-corrected chi connectivity index (χ2v) is 5.32. The van der Waals surface area contributed by atoms with Crippen LogP contribution in [0.4, 0.5) is 0 Å². The molecule has 1 heterocycles. The van der Waals surface area contributed by atoms with E-state index >= 15 is 0 Å². The van der Waals surface area contributed by atoms with Crippen LogP contribution >= 0.6 is 11.8 Å². The standard InChI is InChI=1S/C15H12O2S/c16-15(17)11-5-6-14-13(8-11)7-10-3-1-2-4-12(10)9-18-14/h1-7,9,11H,8H2,(H,16,17). The molecular weight excluding hydrogens is 244 g/mol. The van der Waals surface area contributed by atoms with Gasteiger partial charge in [0, 0.05) is 4.91 Å². The quantitative estimate of drug-likeness (QED) is 0.833. The van der Waals surface area contributed by atoms with Crippen LogP contribution < -0.4 is 10.4 Å². The Balaban J connectivity index is 2.08. The Hall–Kier alpha value is -1.74. The van der Waals surface area contributed by atoms with Crippen molar-refractivity contribution in [1.29, 1.82) is 0 Å². The minimum absolute atomic E-state index is 0.397. The third-order valence-corrected chi connectivity index (χ3v) is 4.22. The van der Waals surface area contributed by atoms with Crippen LogP contribution in [0.2, 0.25) is 0 Å². The van der Waals surface area contributed by atoms with E-state index in [0.29, 0.717) is 6.42 Å². The first-order valence-electron chi connectivity index (χ1n) is 5.82. The molecule has 3 heteroatoms. The van der Waals surface area contributed by atoms with Crippen molar-refractivity contribution in [2.24, 2.45) is 5.92 Å². The molecular formula is C15H12O2S. The number of hydrogen-bond acceptors (Lipinski definition) is 2. The van der Waals surface area contributed by atoms with Crippen molar-refractivity contribution in [2.75, 3.05) is 0 Å². The van der Waals surface area contributed by atoms with E-state index in [1.165, 1.54) is 5.22 Å². The van der Waals surface area contributed by atoms with E-state index in [0.717, 1.165) is 15.7 Å². The van der Waals surface area contributed by atoms with E-state index in [4.69, 9.17) is 5.11 Å². The van der Waals surface area contributed by atoms with Crippen LogP contribution in [0, 0.1) is 5.92 Å². The molecule has 1 aliphatic heterocycles. The average Bonchev–Trinajstić information content (AvgIpc) is 2.56.